The van der Waals surface area contributed by atoms with E-state index in [-0.39, 0.29) is 18.6 Å². The average Bonchev–Trinajstić information content (AvgIpc) is 3.10. The minimum atomic E-state index is 0.0257. The molecule has 2 N–H and O–H groups in total. The van der Waals surface area contributed by atoms with Crippen LogP contribution in [-0.2, 0) is 0 Å². The maximum atomic E-state index is 11.9. The number of urea groups is 1. The molecule has 1 aliphatic carbocycles. The summed E-state index contributed by atoms with van der Waals surface area (Å²) in [5.74, 6) is 0.273. The van der Waals surface area contributed by atoms with Crippen LogP contribution in [0.15, 0.2) is 0 Å². The molecule has 0 radical (unpaired) electrons. The Labute approximate surface area is 109 Å². The van der Waals surface area contributed by atoms with Crippen LogP contribution in [-0.4, -0.2) is 66.3 Å². The highest BCUT2D eigenvalue weighted by atomic mass is 16.3. The third-order valence-corrected chi connectivity index (χ3v) is 3.98. The fraction of sp³-hybridized carbons (Fsp3) is 0.923. The van der Waals surface area contributed by atoms with Crippen LogP contribution in [0.2, 0.25) is 0 Å². The van der Waals surface area contributed by atoms with E-state index in [9.17, 15) is 4.79 Å². The summed E-state index contributed by atoms with van der Waals surface area (Å²) in [5.41, 5.74) is 0. The maximum absolute atomic E-state index is 11.9. The second kappa shape index (κ2) is 6.38. The Kier molecular flexibility index (Phi) is 4.83. The van der Waals surface area contributed by atoms with E-state index in [1.165, 1.54) is 12.8 Å². The van der Waals surface area contributed by atoms with Crippen molar-refractivity contribution in [1.29, 1.82) is 0 Å². The zero-order valence-electron chi connectivity index (χ0n) is 11.3. The highest BCUT2D eigenvalue weighted by molar-refractivity contribution is 5.74. The van der Waals surface area contributed by atoms with Gasteiger partial charge >= 0.3 is 6.03 Å². The summed E-state index contributed by atoms with van der Waals surface area (Å²) < 4.78 is 0. The third-order valence-electron chi connectivity index (χ3n) is 3.98. The number of amides is 2. The molecule has 0 bridgehead atoms. The lowest BCUT2D eigenvalue weighted by molar-refractivity contribution is 0.195. The SMILES string of the molecule is CCN(CCNC(=O)N1CCC(CO)C1)C1CC1. The summed E-state index contributed by atoms with van der Waals surface area (Å²) in [4.78, 5) is 16.1. The lowest BCUT2D eigenvalue weighted by atomic mass is 10.1. The van der Waals surface area contributed by atoms with Crippen LogP contribution < -0.4 is 5.32 Å². The fourth-order valence-corrected chi connectivity index (χ4v) is 2.62. The highest BCUT2D eigenvalue weighted by Gasteiger charge is 2.28. The van der Waals surface area contributed by atoms with E-state index in [2.05, 4.69) is 17.1 Å². The Morgan fingerprint density at radius 2 is 2.22 bits per heavy atom. The van der Waals surface area contributed by atoms with Crippen molar-refractivity contribution >= 4 is 6.03 Å². The lowest BCUT2D eigenvalue weighted by Gasteiger charge is -2.21. The minimum absolute atomic E-state index is 0.0257. The molecule has 2 amide bonds. The van der Waals surface area contributed by atoms with Gasteiger partial charge in [-0.25, -0.2) is 4.79 Å². The van der Waals surface area contributed by atoms with Crippen LogP contribution in [0.3, 0.4) is 0 Å². The maximum Gasteiger partial charge on any atom is 0.317 e. The quantitative estimate of drug-likeness (QED) is 0.726. The number of likely N-dealkylation sites (tertiary alicyclic amines) is 1. The van der Waals surface area contributed by atoms with E-state index < -0.39 is 0 Å². The summed E-state index contributed by atoms with van der Waals surface area (Å²) in [5, 5.41) is 12.0. The number of nitrogens with zero attached hydrogens (tertiary/aromatic N) is 2. The molecule has 18 heavy (non-hydrogen) atoms. The fourth-order valence-electron chi connectivity index (χ4n) is 2.62. The van der Waals surface area contributed by atoms with E-state index in [1.807, 2.05) is 4.90 Å². The molecular formula is C13H25N3O2. The van der Waals surface area contributed by atoms with Gasteiger partial charge in [0.05, 0.1) is 0 Å². The number of aliphatic hydroxyl groups excluding tert-OH is 1. The molecule has 0 spiro atoms. The van der Waals surface area contributed by atoms with Crippen LogP contribution in [0.1, 0.15) is 26.2 Å². The van der Waals surface area contributed by atoms with Crippen molar-refractivity contribution in [3.05, 3.63) is 0 Å². The number of carbonyl (C=O) groups is 1. The number of nitrogens with one attached hydrogen (secondary N) is 1. The molecule has 1 atom stereocenters. The molecule has 1 aliphatic heterocycles. The smallest absolute Gasteiger partial charge is 0.317 e. The molecule has 1 saturated carbocycles. The van der Waals surface area contributed by atoms with Gasteiger partial charge < -0.3 is 15.3 Å². The first kappa shape index (κ1) is 13.6. The Bertz CT molecular complexity index is 281. The largest absolute Gasteiger partial charge is 0.396 e. The van der Waals surface area contributed by atoms with Gasteiger partial charge in [0, 0.05) is 44.7 Å². The summed E-state index contributed by atoms with van der Waals surface area (Å²) in [6.45, 7) is 6.58. The van der Waals surface area contributed by atoms with Crippen molar-refractivity contribution in [3.63, 3.8) is 0 Å². The minimum Gasteiger partial charge on any atom is -0.396 e. The van der Waals surface area contributed by atoms with E-state index in [0.717, 1.165) is 38.6 Å². The van der Waals surface area contributed by atoms with Crippen LogP contribution in [0.25, 0.3) is 0 Å². The van der Waals surface area contributed by atoms with E-state index in [0.29, 0.717) is 6.54 Å². The average molecular weight is 255 g/mol. The van der Waals surface area contributed by atoms with Crippen molar-refractivity contribution in [1.82, 2.24) is 15.1 Å². The Morgan fingerprint density at radius 1 is 1.44 bits per heavy atom. The first-order valence-corrected chi connectivity index (χ1v) is 7.12. The van der Waals surface area contributed by atoms with Gasteiger partial charge in [0.15, 0.2) is 0 Å². The molecule has 0 aromatic rings. The van der Waals surface area contributed by atoms with Gasteiger partial charge in [-0.3, -0.25) is 4.90 Å². The molecule has 2 aliphatic rings. The zero-order chi connectivity index (χ0) is 13.0. The van der Waals surface area contributed by atoms with Gasteiger partial charge in [0.1, 0.15) is 0 Å². The molecule has 2 rings (SSSR count). The summed E-state index contributed by atoms with van der Waals surface area (Å²) in [7, 11) is 0. The third kappa shape index (κ3) is 3.59. The second-order valence-corrected chi connectivity index (χ2v) is 5.37. The number of aliphatic hydroxyl groups is 1. The molecule has 0 aromatic carbocycles. The summed E-state index contributed by atoms with van der Waals surface area (Å²) in [6.07, 6.45) is 3.55. The van der Waals surface area contributed by atoms with Crippen molar-refractivity contribution in [2.75, 3.05) is 39.3 Å². The summed E-state index contributed by atoms with van der Waals surface area (Å²) >= 11 is 0. The second-order valence-electron chi connectivity index (χ2n) is 5.37. The molecule has 0 aromatic heterocycles. The first-order chi connectivity index (χ1) is 8.74. The number of hydrogen-bond acceptors (Lipinski definition) is 3. The molecule has 5 heteroatoms. The van der Waals surface area contributed by atoms with Crippen molar-refractivity contribution in [2.24, 2.45) is 5.92 Å². The molecule has 1 heterocycles. The van der Waals surface area contributed by atoms with Gasteiger partial charge in [-0.15, -0.1) is 0 Å². The topological polar surface area (TPSA) is 55.8 Å². The number of carbonyl (C=O) groups excluding carboxylic acids is 1. The summed E-state index contributed by atoms with van der Waals surface area (Å²) in [6, 6.07) is 0.787. The zero-order valence-corrected chi connectivity index (χ0v) is 11.3. The van der Waals surface area contributed by atoms with E-state index >= 15 is 0 Å². The standard InChI is InChI=1S/C13H25N3O2/c1-2-15(12-3-4-12)8-6-14-13(18)16-7-5-11(9-16)10-17/h11-12,17H,2-10H2,1H3,(H,14,18). The lowest BCUT2D eigenvalue weighted by Crippen LogP contribution is -2.42. The van der Waals surface area contributed by atoms with Crippen LogP contribution in [0.4, 0.5) is 4.79 Å². The molecule has 5 nitrogen and oxygen atoms in total. The monoisotopic (exact) mass is 255 g/mol. The highest BCUT2D eigenvalue weighted by Crippen LogP contribution is 2.25. The predicted molar refractivity (Wildman–Crippen MR) is 70.4 cm³/mol. The Balaban J connectivity index is 1.62. The van der Waals surface area contributed by atoms with Crippen LogP contribution in [0.5, 0.6) is 0 Å². The number of rotatable bonds is 6. The van der Waals surface area contributed by atoms with Crippen molar-refractivity contribution in [3.8, 4) is 0 Å². The van der Waals surface area contributed by atoms with Crippen molar-refractivity contribution < 1.29 is 9.90 Å². The van der Waals surface area contributed by atoms with Crippen LogP contribution >= 0.6 is 0 Å². The Morgan fingerprint density at radius 3 is 2.78 bits per heavy atom. The molecule has 104 valence electrons. The van der Waals surface area contributed by atoms with E-state index in [4.69, 9.17) is 5.11 Å². The first-order valence-electron chi connectivity index (χ1n) is 7.12. The van der Waals surface area contributed by atoms with Gasteiger partial charge in [-0.2, -0.15) is 0 Å². The van der Waals surface area contributed by atoms with Gasteiger partial charge in [0.2, 0.25) is 0 Å². The van der Waals surface area contributed by atoms with Gasteiger partial charge in [-0.05, 0) is 25.8 Å². The van der Waals surface area contributed by atoms with Gasteiger partial charge in [-0.1, -0.05) is 6.92 Å². The molecule has 1 unspecified atom stereocenters. The molecule has 2 fully saturated rings. The molecular weight excluding hydrogens is 230 g/mol. The van der Waals surface area contributed by atoms with Gasteiger partial charge in [0.25, 0.3) is 0 Å². The number of hydrogen-bond donors (Lipinski definition) is 2. The Hall–Kier alpha value is -0.810. The number of likely N-dealkylation sites (N-methyl/N-ethyl adjacent to an activating group) is 1. The molecule has 1 saturated heterocycles. The van der Waals surface area contributed by atoms with Crippen LogP contribution in [0, 0.1) is 5.92 Å². The van der Waals surface area contributed by atoms with Crippen molar-refractivity contribution in [2.45, 2.75) is 32.2 Å². The normalized spacial score (nSPS) is 23.7. The van der Waals surface area contributed by atoms with E-state index in [1.54, 1.807) is 0 Å². The predicted octanol–water partition coefficient (Wildman–Crippen LogP) is 0.495.